The van der Waals surface area contributed by atoms with Crippen molar-refractivity contribution in [3.63, 3.8) is 0 Å². The van der Waals surface area contributed by atoms with E-state index < -0.39 is 0 Å². The third kappa shape index (κ3) is 4.63. The van der Waals surface area contributed by atoms with Gasteiger partial charge in [-0.2, -0.15) is 0 Å². The van der Waals surface area contributed by atoms with Crippen LogP contribution >= 0.6 is 0 Å². The summed E-state index contributed by atoms with van der Waals surface area (Å²) in [5.74, 6) is -0.224. The fourth-order valence-electron chi connectivity index (χ4n) is 0.664. The van der Waals surface area contributed by atoms with Crippen molar-refractivity contribution in [3.8, 4) is 0 Å². The molecule has 1 rings (SSSR count). The lowest BCUT2D eigenvalue weighted by Crippen LogP contribution is -1.95. The Kier molecular flexibility index (Phi) is 5.93. The second-order valence-electron chi connectivity index (χ2n) is 2.24. The van der Waals surface area contributed by atoms with Crippen LogP contribution in [0, 0.1) is 5.82 Å². The van der Waals surface area contributed by atoms with Crippen molar-refractivity contribution in [2.45, 2.75) is 13.5 Å². The van der Waals surface area contributed by atoms with Crippen LogP contribution in [0.5, 0.6) is 0 Å². The second-order valence-corrected chi connectivity index (χ2v) is 2.24. The number of allylic oxidation sites excluding steroid dienone is 1. The Morgan fingerprint density at radius 3 is 2.50 bits per heavy atom. The van der Waals surface area contributed by atoms with Gasteiger partial charge in [-0.3, -0.25) is 0 Å². The van der Waals surface area contributed by atoms with Gasteiger partial charge in [-0.05, 0) is 24.6 Å². The van der Waals surface area contributed by atoms with Crippen LogP contribution in [0.2, 0.25) is 0 Å². The Hall–Kier alpha value is -1.15. The van der Waals surface area contributed by atoms with E-state index in [1.54, 1.807) is 18.2 Å². The number of halogens is 1. The van der Waals surface area contributed by atoms with E-state index in [1.807, 2.05) is 6.92 Å². The molecule has 0 aliphatic heterocycles. The highest BCUT2D eigenvalue weighted by Gasteiger charge is 1.89. The highest BCUT2D eigenvalue weighted by molar-refractivity contribution is 5.15. The Morgan fingerprint density at radius 1 is 1.58 bits per heavy atom. The topological polar surface area (TPSA) is 26.0 Å². The highest BCUT2D eigenvalue weighted by atomic mass is 19.1. The van der Waals surface area contributed by atoms with E-state index in [4.69, 9.17) is 5.73 Å². The van der Waals surface area contributed by atoms with Gasteiger partial charge >= 0.3 is 0 Å². The molecule has 0 aromatic heterocycles. The highest BCUT2D eigenvalue weighted by Crippen LogP contribution is 2.00. The summed E-state index contributed by atoms with van der Waals surface area (Å²) in [7, 11) is 0. The molecule has 0 saturated heterocycles. The van der Waals surface area contributed by atoms with Gasteiger partial charge in [0.15, 0.2) is 0 Å². The van der Waals surface area contributed by atoms with E-state index in [0.29, 0.717) is 6.54 Å². The molecule has 0 atom stereocenters. The van der Waals surface area contributed by atoms with Crippen LogP contribution in [0.4, 0.5) is 4.39 Å². The van der Waals surface area contributed by atoms with Crippen molar-refractivity contribution < 1.29 is 4.39 Å². The quantitative estimate of drug-likeness (QED) is 0.639. The van der Waals surface area contributed by atoms with Gasteiger partial charge in [0.25, 0.3) is 0 Å². The average Bonchev–Trinajstić information content (AvgIpc) is 2.06. The van der Waals surface area contributed by atoms with Crippen LogP contribution < -0.4 is 5.73 Å². The first-order valence-electron chi connectivity index (χ1n) is 3.76. The molecule has 0 radical (unpaired) electrons. The molecule has 0 aliphatic rings. The van der Waals surface area contributed by atoms with Crippen molar-refractivity contribution in [3.05, 3.63) is 48.3 Å². The number of rotatable bonds is 1. The zero-order valence-corrected chi connectivity index (χ0v) is 7.26. The standard InChI is InChI=1S/C7H8FN.C3H6/c8-7-3-1-2-6(4-7)5-9;1-3-2/h1-4H,5,9H2;3H,1H2,2H3. The first kappa shape index (κ1) is 10.8. The summed E-state index contributed by atoms with van der Waals surface area (Å²) >= 11 is 0. The molecule has 0 fully saturated rings. The lowest BCUT2D eigenvalue weighted by Gasteiger charge is -1.92. The monoisotopic (exact) mass is 167 g/mol. The first-order valence-corrected chi connectivity index (χ1v) is 3.76. The van der Waals surface area contributed by atoms with E-state index >= 15 is 0 Å². The molecule has 2 heteroatoms. The molecule has 0 spiro atoms. The number of hydrogen-bond donors (Lipinski definition) is 1. The van der Waals surface area contributed by atoms with E-state index in [2.05, 4.69) is 6.58 Å². The summed E-state index contributed by atoms with van der Waals surface area (Å²) in [6.45, 7) is 5.65. The fourth-order valence-corrected chi connectivity index (χ4v) is 0.664. The summed E-state index contributed by atoms with van der Waals surface area (Å²) in [6, 6.07) is 6.28. The van der Waals surface area contributed by atoms with Gasteiger partial charge in [0.2, 0.25) is 0 Å². The molecule has 0 amide bonds. The van der Waals surface area contributed by atoms with Crippen molar-refractivity contribution in [1.82, 2.24) is 0 Å². The summed E-state index contributed by atoms with van der Waals surface area (Å²) in [6.07, 6.45) is 1.75. The van der Waals surface area contributed by atoms with Gasteiger partial charge in [-0.15, -0.1) is 6.58 Å². The molecule has 0 saturated carbocycles. The maximum absolute atomic E-state index is 12.3. The summed E-state index contributed by atoms with van der Waals surface area (Å²) < 4.78 is 12.3. The predicted molar refractivity (Wildman–Crippen MR) is 50.2 cm³/mol. The van der Waals surface area contributed by atoms with Gasteiger partial charge in [-0.1, -0.05) is 18.2 Å². The molecule has 0 bridgehead atoms. The molecule has 66 valence electrons. The molecular formula is C10H14FN. The molecule has 0 unspecified atom stereocenters. The van der Waals surface area contributed by atoms with Gasteiger partial charge in [0, 0.05) is 6.54 Å². The van der Waals surface area contributed by atoms with Crippen LogP contribution in [0.3, 0.4) is 0 Å². The largest absolute Gasteiger partial charge is 0.326 e. The smallest absolute Gasteiger partial charge is 0.123 e. The Balaban J connectivity index is 0.000000354. The van der Waals surface area contributed by atoms with Crippen LogP contribution in [0.25, 0.3) is 0 Å². The van der Waals surface area contributed by atoms with E-state index in [-0.39, 0.29) is 5.82 Å². The van der Waals surface area contributed by atoms with Crippen LogP contribution in [-0.2, 0) is 6.54 Å². The maximum Gasteiger partial charge on any atom is 0.123 e. The molecule has 12 heavy (non-hydrogen) atoms. The van der Waals surface area contributed by atoms with Gasteiger partial charge in [0.1, 0.15) is 5.82 Å². The van der Waals surface area contributed by atoms with Crippen molar-refractivity contribution in [1.29, 1.82) is 0 Å². The van der Waals surface area contributed by atoms with Crippen LogP contribution in [-0.4, -0.2) is 0 Å². The molecular weight excluding hydrogens is 153 g/mol. The molecule has 1 nitrogen and oxygen atoms in total. The molecule has 0 heterocycles. The van der Waals surface area contributed by atoms with Gasteiger partial charge in [-0.25, -0.2) is 4.39 Å². The predicted octanol–water partition coefficient (Wildman–Crippen LogP) is 2.48. The van der Waals surface area contributed by atoms with Crippen molar-refractivity contribution >= 4 is 0 Å². The van der Waals surface area contributed by atoms with E-state index in [1.165, 1.54) is 12.1 Å². The van der Waals surface area contributed by atoms with E-state index in [9.17, 15) is 4.39 Å². The second kappa shape index (κ2) is 6.55. The summed E-state index contributed by atoms with van der Waals surface area (Å²) in [5.41, 5.74) is 6.08. The van der Waals surface area contributed by atoms with Gasteiger partial charge in [0.05, 0.1) is 0 Å². The van der Waals surface area contributed by atoms with Crippen LogP contribution in [0.15, 0.2) is 36.9 Å². The third-order valence-corrected chi connectivity index (χ3v) is 1.12. The fraction of sp³-hybridized carbons (Fsp3) is 0.200. The maximum atomic E-state index is 12.3. The van der Waals surface area contributed by atoms with Crippen molar-refractivity contribution in [2.24, 2.45) is 5.73 Å². The minimum absolute atomic E-state index is 0.224. The first-order chi connectivity index (χ1) is 5.74. The number of hydrogen-bond acceptors (Lipinski definition) is 1. The minimum Gasteiger partial charge on any atom is -0.326 e. The molecule has 0 aliphatic carbocycles. The Morgan fingerprint density at radius 2 is 2.17 bits per heavy atom. The molecule has 2 N–H and O–H groups in total. The number of benzene rings is 1. The SMILES string of the molecule is C=CC.NCc1cccc(F)c1. The average molecular weight is 167 g/mol. The van der Waals surface area contributed by atoms with Crippen molar-refractivity contribution in [2.75, 3.05) is 0 Å². The molecule has 1 aromatic rings. The summed E-state index contributed by atoms with van der Waals surface area (Å²) in [5, 5.41) is 0. The lowest BCUT2D eigenvalue weighted by molar-refractivity contribution is 0.625. The summed E-state index contributed by atoms with van der Waals surface area (Å²) in [4.78, 5) is 0. The van der Waals surface area contributed by atoms with Crippen LogP contribution in [0.1, 0.15) is 12.5 Å². The van der Waals surface area contributed by atoms with E-state index in [0.717, 1.165) is 5.56 Å². The zero-order chi connectivity index (χ0) is 9.40. The number of nitrogens with two attached hydrogens (primary N) is 1. The van der Waals surface area contributed by atoms with Gasteiger partial charge < -0.3 is 5.73 Å². The lowest BCUT2D eigenvalue weighted by atomic mass is 10.2. The molecule has 1 aromatic carbocycles. The normalized spacial score (nSPS) is 8.25. The third-order valence-electron chi connectivity index (χ3n) is 1.12. The Bertz CT molecular complexity index is 233. The minimum atomic E-state index is -0.224. The Labute approximate surface area is 72.7 Å². The zero-order valence-electron chi connectivity index (χ0n) is 7.26.